The molecule has 0 saturated heterocycles. The minimum atomic E-state index is -8.77. The number of carbonyl (C=O) groups is 2. The second-order valence-electron chi connectivity index (χ2n) is 12.6. The maximum Gasteiger partial charge on any atom is 0.460 e. The first-order chi connectivity index (χ1) is 28.2. The zero-order valence-corrected chi connectivity index (χ0v) is 30.8. The van der Waals surface area contributed by atoms with E-state index in [1.165, 1.54) is 36.4 Å². The molecule has 0 aliphatic rings. The lowest BCUT2D eigenvalue weighted by Crippen LogP contribution is -2.74. The summed E-state index contributed by atoms with van der Waals surface area (Å²) < 4.78 is 277. The Morgan fingerprint density at radius 1 is 0.597 bits per heavy atom. The van der Waals surface area contributed by atoms with Crippen molar-refractivity contribution in [1.29, 1.82) is 0 Å². The van der Waals surface area contributed by atoms with Crippen molar-refractivity contribution < 1.29 is 112 Å². The molecule has 0 radical (unpaired) electrons. The fourth-order valence-corrected chi connectivity index (χ4v) is 4.54. The van der Waals surface area contributed by atoms with Gasteiger partial charge in [0.15, 0.2) is 17.7 Å². The lowest BCUT2D eigenvalue weighted by Gasteiger charge is -2.42. The molecule has 1 atom stereocenters. The number of halogens is 19. The molecule has 25 heteroatoms. The maximum absolute atomic E-state index is 14.4. The van der Waals surface area contributed by atoms with Crippen LogP contribution >= 0.6 is 0 Å². The van der Waals surface area contributed by atoms with E-state index in [4.69, 9.17) is 14.2 Å². The molecular formula is C37H25F19O6. The molecule has 0 bridgehead atoms. The molecule has 0 saturated carbocycles. The van der Waals surface area contributed by atoms with Crippen molar-refractivity contribution in [1.82, 2.24) is 0 Å². The van der Waals surface area contributed by atoms with Crippen molar-refractivity contribution in [3.8, 4) is 29.1 Å². The summed E-state index contributed by atoms with van der Waals surface area (Å²) >= 11 is 0. The smallest absolute Gasteiger partial charge is 0.460 e. The number of rotatable bonds is 17. The number of esters is 2. The quantitative estimate of drug-likeness (QED) is 0.0581. The van der Waals surface area contributed by atoms with E-state index >= 15 is 0 Å². The van der Waals surface area contributed by atoms with E-state index in [0.717, 1.165) is 31.2 Å². The molecule has 0 aromatic heterocycles. The van der Waals surface area contributed by atoms with Gasteiger partial charge in [-0.3, -0.25) is 0 Å². The van der Waals surface area contributed by atoms with E-state index in [1.807, 2.05) is 0 Å². The van der Waals surface area contributed by atoms with Gasteiger partial charge in [0.2, 0.25) is 5.82 Å². The highest BCUT2D eigenvalue weighted by Crippen LogP contribution is 2.64. The summed E-state index contributed by atoms with van der Waals surface area (Å²) in [6, 6.07) is 11.8. The Balaban J connectivity index is 1.59. The second-order valence-corrected chi connectivity index (χ2v) is 12.6. The predicted octanol–water partition coefficient (Wildman–Crippen LogP) is 11.1. The molecule has 342 valence electrons. The summed E-state index contributed by atoms with van der Waals surface area (Å²) in [6.45, 7) is 0.579. The fraction of sp³-hybridized carbons (Fsp3) is 0.405. The molecule has 0 aliphatic carbocycles. The van der Waals surface area contributed by atoms with Gasteiger partial charge in [0.05, 0.1) is 30.8 Å². The highest BCUT2D eigenvalue weighted by atomic mass is 19.4. The van der Waals surface area contributed by atoms with E-state index in [2.05, 4.69) is 16.6 Å². The van der Waals surface area contributed by atoms with Crippen LogP contribution < -0.4 is 14.2 Å². The third kappa shape index (κ3) is 9.72. The van der Waals surface area contributed by atoms with Crippen LogP contribution in [0.1, 0.15) is 48.2 Å². The highest BCUT2D eigenvalue weighted by Gasteiger charge is 2.95. The van der Waals surface area contributed by atoms with Gasteiger partial charge in [0.1, 0.15) is 11.5 Å². The minimum Gasteiger partial charge on any atom is -0.490 e. The average Bonchev–Trinajstić information content (AvgIpc) is 3.17. The van der Waals surface area contributed by atoms with Crippen LogP contribution in [-0.2, 0) is 9.53 Å². The molecule has 3 aromatic rings. The summed E-state index contributed by atoms with van der Waals surface area (Å²) in [5.74, 6) is -58.4. The minimum absolute atomic E-state index is 0.0345. The molecule has 3 rings (SSSR count). The van der Waals surface area contributed by atoms with Gasteiger partial charge in [-0.05, 0) is 74.0 Å². The van der Waals surface area contributed by atoms with Gasteiger partial charge >= 0.3 is 59.6 Å². The Hall–Kier alpha value is -5.57. The number of carbonyl (C=O) groups excluding carboxylic acids is 2. The van der Waals surface area contributed by atoms with Gasteiger partial charge in [0, 0.05) is 5.56 Å². The molecule has 6 nitrogen and oxygen atoms in total. The van der Waals surface area contributed by atoms with Crippen LogP contribution in [0, 0.1) is 23.5 Å². The third-order valence-corrected chi connectivity index (χ3v) is 8.10. The van der Waals surface area contributed by atoms with Crippen molar-refractivity contribution in [2.75, 3.05) is 13.2 Å². The Bertz CT molecular complexity index is 2120. The summed E-state index contributed by atoms with van der Waals surface area (Å²) in [6.07, 6.45) is -12.2. The SMILES string of the molecule is CCCOc1ccc(C#Cc2ccc(C(=O)Oc3ccc(O[C@@H](C)C(=O)OCCC(F)(F)C(F)(F)C(F)(F)C(F)(F)C(F)(F)C(F)(F)C(F)(F)C(F)(F)F)cc3)cc2)c(F)c1F. The summed E-state index contributed by atoms with van der Waals surface area (Å²) in [4.78, 5) is 24.7. The molecule has 0 amide bonds. The van der Waals surface area contributed by atoms with Crippen molar-refractivity contribution in [3.63, 3.8) is 0 Å². The summed E-state index contributed by atoms with van der Waals surface area (Å²) in [5, 5.41) is 0. The highest BCUT2D eigenvalue weighted by molar-refractivity contribution is 5.91. The summed E-state index contributed by atoms with van der Waals surface area (Å²) in [5.41, 5.74) is -0.0382. The number of hydrogen-bond acceptors (Lipinski definition) is 6. The average molecular weight is 927 g/mol. The van der Waals surface area contributed by atoms with Gasteiger partial charge in [-0.15, -0.1) is 0 Å². The molecule has 0 fully saturated rings. The monoisotopic (exact) mass is 926 g/mol. The van der Waals surface area contributed by atoms with Gasteiger partial charge < -0.3 is 18.9 Å². The van der Waals surface area contributed by atoms with Crippen molar-refractivity contribution >= 4 is 11.9 Å². The van der Waals surface area contributed by atoms with Gasteiger partial charge in [-0.2, -0.15) is 79.0 Å². The van der Waals surface area contributed by atoms with Crippen molar-refractivity contribution in [2.45, 2.75) is 80.4 Å². The van der Waals surface area contributed by atoms with E-state index in [9.17, 15) is 93.0 Å². The Kier molecular flexibility index (Phi) is 14.8. The van der Waals surface area contributed by atoms with Crippen LogP contribution in [0.4, 0.5) is 83.4 Å². The molecule has 3 aromatic carbocycles. The largest absolute Gasteiger partial charge is 0.490 e. The fourth-order valence-electron chi connectivity index (χ4n) is 4.54. The first-order valence-electron chi connectivity index (χ1n) is 16.8. The number of benzene rings is 3. The van der Waals surface area contributed by atoms with E-state index in [1.54, 1.807) is 6.92 Å². The van der Waals surface area contributed by atoms with Crippen LogP contribution in [0.15, 0.2) is 60.7 Å². The predicted molar refractivity (Wildman–Crippen MR) is 172 cm³/mol. The first-order valence-corrected chi connectivity index (χ1v) is 16.8. The first kappa shape index (κ1) is 50.8. The van der Waals surface area contributed by atoms with Gasteiger partial charge in [-0.25, -0.2) is 14.0 Å². The van der Waals surface area contributed by atoms with Gasteiger partial charge in [-0.1, -0.05) is 18.8 Å². The van der Waals surface area contributed by atoms with Gasteiger partial charge in [0.25, 0.3) is 0 Å². The molecule has 0 spiro atoms. The Labute approximate surface area is 335 Å². The molecular weight excluding hydrogens is 901 g/mol. The molecule has 0 N–H and O–H groups in total. The van der Waals surface area contributed by atoms with Crippen molar-refractivity contribution in [2.24, 2.45) is 0 Å². The molecule has 0 heterocycles. The molecule has 0 unspecified atom stereocenters. The second kappa shape index (κ2) is 18.0. The van der Waals surface area contributed by atoms with Crippen LogP contribution in [0.5, 0.6) is 17.2 Å². The third-order valence-electron chi connectivity index (χ3n) is 8.10. The topological polar surface area (TPSA) is 71.1 Å². The van der Waals surface area contributed by atoms with Crippen LogP contribution in [0.3, 0.4) is 0 Å². The maximum atomic E-state index is 14.4. The standard InChI is InChI=1S/C37H25F19O6/c1-3-17-59-25-15-10-21(26(38)27(25)39)7-4-20-5-8-22(9-6-20)29(58)62-24-13-11-23(12-14-24)61-19(2)28(57)60-18-16-30(40,41)31(42,43)32(44,45)33(46,47)34(48,49)35(50,51)36(52,53)37(54,55)56/h5-6,8-15,19H,3,16-18H2,1-2H3/t19-/m0/s1. The van der Waals surface area contributed by atoms with Crippen molar-refractivity contribution in [3.05, 3.63) is 89.0 Å². The van der Waals surface area contributed by atoms with E-state index in [0.29, 0.717) is 6.42 Å². The van der Waals surface area contributed by atoms with Crippen LogP contribution in [0.25, 0.3) is 0 Å². The van der Waals surface area contributed by atoms with Crippen LogP contribution in [0.2, 0.25) is 0 Å². The zero-order valence-electron chi connectivity index (χ0n) is 30.8. The number of ether oxygens (including phenoxy) is 4. The summed E-state index contributed by atoms with van der Waals surface area (Å²) in [7, 11) is 0. The Morgan fingerprint density at radius 2 is 1.10 bits per heavy atom. The normalized spacial score (nSPS) is 13.8. The van der Waals surface area contributed by atoms with Crippen LogP contribution in [-0.4, -0.2) is 78.9 Å². The number of alkyl halides is 17. The van der Waals surface area contributed by atoms with E-state index in [-0.39, 0.29) is 40.5 Å². The molecule has 62 heavy (non-hydrogen) atoms. The zero-order chi connectivity index (χ0) is 47.5. The lowest BCUT2D eigenvalue weighted by atomic mass is 9.88. The molecule has 0 aliphatic heterocycles. The lowest BCUT2D eigenvalue weighted by molar-refractivity contribution is -0.461. The van der Waals surface area contributed by atoms with E-state index < -0.39 is 90.3 Å². The number of hydrogen-bond donors (Lipinski definition) is 0. The Morgan fingerprint density at radius 3 is 1.61 bits per heavy atom.